The van der Waals surface area contributed by atoms with E-state index in [9.17, 15) is 9.59 Å². The molecule has 0 aliphatic carbocycles. The zero-order valence-corrected chi connectivity index (χ0v) is 15.1. The molecule has 0 aliphatic heterocycles. The molecule has 2 aromatic carbocycles. The van der Waals surface area contributed by atoms with Gasteiger partial charge in [0.05, 0.1) is 15.7 Å². The van der Waals surface area contributed by atoms with E-state index in [1.54, 1.807) is 42.5 Å². The van der Waals surface area contributed by atoms with Gasteiger partial charge in [-0.2, -0.15) is 0 Å². The Morgan fingerprint density at radius 1 is 1.04 bits per heavy atom. The van der Waals surface area contributed by atoms with E-state index in [1.165, 1.54) is 11.8 Å². The van der Waals surface area contributed by atoms with E-state index in [0.29, 0.717) is 26.3 Å². The zero-order chi connectivity index (χ0) is 17.7. The molecule has 0 fully saturated rings. The molecule has 0 saturated heterocycles. The molecule has 0 atom stereocenters. The van der Waals surface area contributed by atoms with E-state index in [1.807, 2.05) is 0 Å². The van der Waals surface area contributed by atoms with Crippen LogP contribution >= 0.6 is 34.8 Å². The topological polar surface area (TPSA) is 49.4 Å². The fraction of sp³-hybridized carbons (Fsp3) is 0.176. The Hall–Kier alpha value is -1.75. The summed E-state index contributed by atoms with van der Waals surface area (Å²) in [6, 6.07) is 11.6. The van der Waals surface area contributed by atoms with Crippen molar-refractivity contribution >= 4 is 52.3 Å². The lowest BCUT2D eigenvalue weighted by Crippen LogP contribution is -2.37. The van der Waals surface area contributed by atoms with Gasteiger partial charge in [0.25, 0.3) is 5.91 Å². The van der Waals surface area contributed by atoms with Gasteiger partial charge in [-0.05, 0) is 36.4 Å². The van der Waals surface area contributed by atoms with Crippen LogP contribution in [-0.4, -0.2) is 24.9 Å². The molecule has 0 spiro atoms. The minimum Gasteiger partial charge on any atom is -0.350 e. The first-order chi connectivity index (χ1) is 11.4. The third-order valence-electron chi connectivity index (χ3n) is 3.33. The standard InChI is InChI=1S/C17H15Cl3N2O2/c1-11(23)22(15-4-2-3-14(19)16(15)20)10-9-21-17(24)12-5-7-13(18)8-6-12/h2-8H,9-10H2,1H3,(H,21,24). The van der Waals surface area contributed by atoms with Crippen LogP contribution in [0.3, 0.4) is 0 Å². The molecule has 2 aromatic rings. The maximum Gasteiger partial charge on any atom is 0.251 e. The molecule has 1 N–H and O–H groups in total. The summed E-state index contributed by atoms with van der Waals surface area (Å²) in [5, 5.41) is 3.99. The van der Waals surface area contributed by atoms with Crippen molar-refractivity contribution in [2.24, 2.45) is 0 Å². The van der Waals surface area contributed by atoms with Crippen molar-refractivity contribution < 1.29 is 9.59 Å². The second-order valence-electron chi connectivity index (χ2n) is 5.01. The van der Waals surface area contributed by atoms with Crippen LogP contribution in [0.5, 0.6) is 0 Å². The van der Waals surface area contributed by atoms with Gasteiger partial charge >= 0.3 is 0 Å². The van der Waals surface area contributed by atoms with Crippen molar-refractivity contribution in [3.63, 3.8) is 0 Å². The molecule has 0 bridgehead atoms. The highest BCUT2D eigenvalue weighted by molar-refractivity contribution is 6.44. The predicted octanol–water partition coefficient (Wildman–Crippen LogP) is 4.43. The number of hydrogen-bond acceptors (Lipinski definition) is 2. The Kier molecular flexibility index (Phi) is 6.49. The van der Waals surface area contributed by atoms with E-state index < -0.39 is 0 Å². The van der Waals surface area contributed by atoms with Gasteiger partial charge in [0.2, 0.25) is 5.91 Å². The molecule has 7 heteroatoms. The Labute approximate surface area is 155 Å². The van der Waals surface area contributed by atoms with E-state index >= 15 is 0 Å². The van der Waals surface area contributed by atoms with Gasteiger partial charge in [-0.15, -0.1) is 0 Å². The summed E-state index contributed by atoms with van der Waals surface area (Å²) in [5.74, 6) is -0.438. The molecule has 0 saturated carbocycles. The van der Waals surface area contributed by atoms with E-state index in [-0.39, 0.29) is 24.9 Å². The monoisotopic (exact) mass is 384 g/mol. The lowest BCUT2D eigenvalue weighted by molar-refractivity contribution is -0.116. The highest BCUT2D eigenvalue weighted by Crippen LogP contribution is 2.32. The minimum absolute atomic E-state index is 0.195. The normalized spacial score (nSPS) is 10.3. The molecular weight excluding hydrogens is 371 g/mol. The van der Waals surface area contributed by atoms with Crippen molar-refractivity contribution in [3.8, 4) is 0 Å². The van der Waals surface area contributed by atoms with Crippen molar-refractivity contribution in [1.29, 1.82) is 0 Å². The fourth-order valence-corrected chi connectivity index (χ4v) is 2.66. The number of hydrogen-bond donors (Lipinski definition) is 1. The number of nitrogens with zero attached hydrogens (tertiary/aromatic N) is 1. The summed E-state index contributed by atoms with van der Waals surface area (Å²) in [7, 11) is 0. The molecule has 0 radical (unpaired) electrons. The third kappa shape index (κ3) is 4.63. The van der Waals surface area contributed by atoms with Gasteiger partial charge in [-0.1, -0.05) is 40.9 Å². The minimum atomic E-state index is -0.243. The second kappa shape index (κ2) is 8.38. The first-order valence-electron chi connectivity index (χ1n) is 7.16. The SMILES string of the molecule is CC(=O)N(CCNC(=O)c1ccc(Cl)cc1)c1cccc(Cl)c1Cl. The summed E-state index contributed by atoms with van der Waals surface area (Å²) in [5.41, 5.74) is 1.01. The number of amides is 2. The quantitative estimate of drug-likeness (QED) is 0.827. The molecule has 126 valence electrons. The van der Waals surface area contributed by atoms with Gasteiger partial charge in [-0.3, -0.25) is 9.59 Å². The Bertz CT molecular complexity index is 748. The molecule has 0 heterocycles. The average Bonchev–Trinajstić information content (AvgIpc) is 2.55. The zero-order valence-electron chi connectivity index (χ0n) is 12.9. The number of carbonyl (C=O) groups is 2. The summed E-state index contributed by atoms with van der Waals surface area (Å²) in [6.45, 7) is 1.97. The predicted molar refractivity (Wildman–Crippen MR) is 98.3 cm³/mol. The Morgan fingerprint density at radius 3 is 2.33 bits per heavy atom. The van der Waals surface area contributed by atoms with Crippen LogP contribution in [0.15, 0.2) is 42.5 Å². The second-order valence-corrected chi connectivity index (χ2v) is 6.23. The van der Waals surface area contributed by atoms with Gasteiger partial charge in [0.15, 0.2) is 0 Å². The van der Waals surface area contributed by atoms with Crippen LogP contribution in [0.4, 0.5) is 5.69 Å². The number of nitrogens with one attached hydrogen (secondary N) is 1. The van der Waals surface area contributed by atoms with Crippen molar-refractivity contribution in [3.05, 3.63) is 63.1 Å². The maximum absolute atomic E-state index is 12.1. The Balaban J connectivity index is 2.02. The summed E-state index contributed by atoms with van der Waals surface area (Å²) in [6.07, 6.45) is 0. The van der Waals surface area contributed by atoms with E-state index in [4.69, 9.17) is 34.8 Å². The van der Waals surface area contributed by atoms with Crippen LogP contribution in [0, 0.1) is 0 Å². The smallest absolute Gasteiger partial charge is 0.251 e. The fourth-order valence-electron chi connectivity index (χ4n) is 2.13. The van der Waals surface area contributed by atoms with Crippen LogP contribution in [0.25, 0.3) is 0 Å². The van der Waals surface area contributed by atoms with Crippen molar-refractivity contribution in [2.45, 2.75) is 6.92 Å². The molecule has 0 aliphatic rings. The average molecular weight is 386 g/mol. The first-order valence-corrected chi connectivity index (χ1v) is 8.29. The first kappa shape index (κ1) is 18.6. The van der Waals surface area contributed by atoms with Crippen LogP contribution in [-0.2, 0) is 4.79 Å². The van der Waals surface area contributed by atoms with Crippen LogP contribution in [0.1, 0.15) is 17.3 Å². The maximum atomic E-state index is 12.1. The summed E-state index contributed by atoms with van der Waals surface area (Å²) < 4.78 is 0. The van der Waals surface area contributed by atoms with Crippen LogP contribution < -0.4 is 10.2 Å². The van der Waals surface area contributed by atoms with Crippen molar-refractivity contribution in [1.82, 2.24) is 5.32 Å². The third-order valence-corrected chi connectivity index (χ3v) is 4.39. The van der Waals surface area contributed by atoms with Gasteiger partial charge in [0.1, 0.15) is 0 Å². The Morgan fingerprint density at radius 2 is 1.71 bits per heavy atom. The number of anilines is 1. The molecule has 24 heavy (non-hydrogen) atoms. The van der Waals surface area contributed by atoms with E-state index in [0.717, 1.165) is 0 Å². The highest BCUT2D eigenvalue weighted by atomic mass is 35.5. The van der Waals surface area contributed by atoms with Crippen LogP contribution in [0.2, 0.25) is 15.1 Å². The van der Waals surface area contributed by atoms with Crippen molar-refractivity contribution in [2.75, 3.05) is 18.0 Å². The molecule has 4 nitrogen and oxygen atoms in total. The number of carbonyl (C=O) groups excluding carboxylic acids is 2. The molecule has 0 unspecified atom stereocenters. The molecule has 2 amide bonds. The highest BCUT2D eigenvalue weighted by Gasteiger charge is 2.16. The lowest BCUT2D eigenvalue weighted by atomic mass is 10.2. The molecule has 0 aromatic heterocycles. The number of benzene rings is 2. The van der Waals surface area contributed by atoms with Gasteiger partial charge in [-0.25, -0.2) is 0 Å². The molecular formula is C17H15Cl3N2O2. The number of rotatable bonds is 5. The summed E-state index contributed by atoms with van der Waals surface area (Å²) >= 11 is 17.9. The summed E-state index contributed by atoms with van der Waals surface area (Å²) in [4.78, 5) is 25.4. The largest absolute Gasteiger partial charge is 0.350 e. The lowest BCUT2D eigenvalue weighted by Gasteiger charge is -2.23. The number of halogens is 3. The molecule has 2 rings (SSSR count). The van der Waals surface area contributed by atoms with Gasteiger partial charge < -0.3 is 10.2 Å². The van der Waals surface area contributed by atoms with Gasteiger partial charge in [0, 0.05) is 30.6 Å². The van der Waals surface area contributed by atoms with E-state index in [2.05, 4.69) is 5.32 Å².